The standard InChI is InChI=1S/C13H25NO3/c1-5-12(6-2)14(9-10-15)8-7-11(3)13(16)17-4/h7,12,15H,5-6,8-10H2,1-4H3. The van der Waals surface area contributed by atoms with E-state index in [4.69, 9.17) is 5.11 Å². The minimum Gasteiger partial charge on any atom is -0.466 e. The van der Waals surface area contributed by atoms with Crippen molar-refractivity contribution in [3.8, 4) is 0 Å². The third-order valence-electron chi connectivity index (χ3n) is 2.99. The lowest BCUT2D eigenvalue weighted by molar-refractivity contribution is -0.136. The van der Waals surface area contributed by atoms with E-state index in [9.17, 15) is 4.79 Å². The van der Waals surface area contributed by atoms with Crippen LogP contribution in [0.15, 0.2) is 11.6 Å². The fourth-order valence-corrected chi connectivity index (χ4v) is 1.85. The molecular formula is C13H25NO3. The first-order valence-corrected chi connectivity index (χ1v) is 6.20. The van der Waals surface area contributed by atoms with Crippen LogP contribution in [-0.2, 0) is 9.53 Å². The maximum Gasteiger partial charge on any atom is 0.333 e. The van der Waals surface area contributed by atoms with Gasteiger partial charge in [-0.25, -0.2) is 4.79 Å². The summed E-state index contributed by atoms with van der Waals surface area (Å²) in [5, 5.41) is 9.04. The minimum absolute atomic E-state index is 0.140. The van der Waals surface area contributed by atoms with Gasteiger partial charge in [-0.05, 0) is 19.8 Å². The van der Waals surface area contributed by atoms with Crippen molar-refractivity contribution in [2.45, 2.75) is 39.7 Å². The summed E-state index contributed by atoms with van der Waals surface area (Å²) in [6.07, 6.45) is 3.95. The summed E-state index contributed by atoms with van der Waals surface area (Å²) in [4.78, 5) is 13.4. The molecule has 17 heavy (non-hydrogen) atoms. The normalized spacial score (nSPS) is 12.3. The predicted octanol–water partition coefficient (Wildman–Crippen LogP) is 1.59. The van der Waals surface area contributed by atoms with Crippen LogP contribution < -0.4 is 0 Å². The van der Waals surface area contributed by atoms with Crippen molar-refractivity contribution in [3.63, 3.8) is 0 Å². The van der Waals surface area contributed by atoms with Gasteiger partial charge in [-0.1, -0.05) is 19.9 Å². The van der Waals surface area contributed by atoms with Crippen molar-refractivity contribution < 1.29 is 14.6 Å². The highest BCUT2D eigenvalue weighted by molar-refractivity contribution is 5.87. The van der Waals surface area contributed by atoms with Crippen LogP contribution in [-0.4, -0.2) is 48.8 Å². The molecule has 0 aromatic heterocycles. The molecule has 100 valence electrons. The second-order valence-electron chi connectivity index (χ2n) is 4.07. The highest BCUT2D eigenvalue weighted by Gasteiger charge is 2.13. The number of hydrogen-bond donors (Lipinski definition) is 1. The molecule has 0 aromatic carbocycles. The SMILES string of the molecule is CCC(CC)N(CC=C(C)C(=O)OC)CCO. The van der Waals surface area contributed by atoms with Gasteiger partial charge in [0.1, 0.15) is 0 Å². The van der Waals surface area contributed by atoms with Gasteiger partial charge in [0.15, 0.2) is 0 Å². The molecule has 4 nitrogen and oxygen atoms in total. The maximum absolute atomic E-state index is 11.2. The Labute approximate surface area is 104 Å². The van der Waals surface area contributed by atoms with E-state index in [1.54, 1.807) is 6.92 Å². The molecule has 0 aromatic rings. The molecule has 0 aliphatic carbocycles. The number of nitrogens with zero attached hydrogens (tertiary/aromatic N) is 1. The first kappa shape index (κ1) is 16.1. The number of methoxy groups -OCH3 is 1. The zero-order valence-electron chi connectivity index (χ0n) is 11.4. The topological polar surface area (TPSA) is 49.8 Å². The van der Waals surface area contributed by atoms with Crippen LogP contribution in [0.5, 0.6) is 0 Å². The summed E-state index contributed by atoms with van der Waals surface area (Å²) >= 11 is 0. The highest BCUT2D eigenvalue weighted by Crippen LogP contribution is 2.09. The third-order valence-corrected chi connectivity index (χ3v) is 2.99. The van der Waals surface area contributed by atoms with Crippen LogP contribution in [0.25, 0.3) is 0 Å². The second kappa shape index (κ2) is 9.19. The fraction of sp³-hybridized carbons (Fsp3) is 0.769. The van der Waals surface area contributed by atoms with Crippen LogP contribution in [0.4, 0.5) is 0 Å². The number of aliphatic hydroxyl groups is 1. The molecule has 0 atom stereocenters. The Bertz CT molecular complexity index is 247. The van der Waals surface area contributed by atoms with E-state index in [2.05, 4.69) is 23.5 Å². The number of carbonyl (C=O) groups is 1. The number of esters is 1. The Hall–Kier alpha value is -0.870. The van der Waals surface area contributed by atoms with Crippen molar-refractivity contribution >= 4 is 5.97 Å². The lowest BCUT2D eigenvalue weighted by Gasteiger charge is -2.28. The van der Waals surface area contributed by atoms with E-state index in [0.29, 0.717) is 24.7 Å². The molecule has 0 rings (SSSR count). The van der Waals surface area contributed by atoms with Crippen molar-refractivity contribution in [2.24, 2.45) is 0 Å². The predicted molar refractivity (Wildman–Crippen MR) is 68.8 cm³/mol. The monoisotopic (exact) mass is 243 g/mol. The van der Waals surface area contributed by atoms with E-state index >= 15 is 0 Å². The fourth-order valence-electron chi connectivity index (χ4n) is 1.85. The van der Waals surface area contributed by atoms with E-state index in [-0.39, 0.29) is 12.6 Å². The molecule has 0 aliphatic heterocycles. The quantitative estimate of drug-likeness (QED) is 0.519. The average Bonchev–Trinajstić information content (AvgIpc) is 2.35. The zero-order chi connectivity index (χ0) is 13.3. The first-order valence-electron chi connectivity index (χ1n) is 6.20. The van der Waals surface area contributed by atoms with Crippen molar-refractivity contribution in [1.82, 2.24) is 4.90 Å². The average molecular weight is 243 g/mol. The molecule has 0 heterocycles. The summed E-state index contributed by atoms with van der Waals surface area (Å²) in [5.74, 6) is -0.293. The van der Waals surface area contributed by atoms with Gasteiger partial charge in [-0.3, -0.25) is 4.90 Å². The molecule has 0 saturated carbocycles. The van der Waals surface area contributed by atoms with Crippen LogP contribution in [0.1, 0.15) is 33.6 Å². The van der Waals surface area contributed by atoms with Crippen LogP contribution in [0, 0.1) is 0 Å². The molecule has 0 amide bonds. The molecule has 4 heteroatoms. The molecule has 0 saturated heterocycles. The largest absolute Gasteiger partial charge is 0.466 e. The van der Waals surface area contributed by atoms with E-state index in [1.165, 1.54) is 7.11 Å². The van der Waals surface area contributed by atoms with Gasteiger partial charge in [0.25, 0.3) is 0 Å². The summed E-state index contributed by atoms with van der Waals surface area (Å²) in [5.41, 5.74) is 0.612. The molecule has 0 radical (unpaired) electrons. The highest BCUT2D eigenvalue weighted by atomic mass is 16.5. The van der Waals surface area contributed by atoms with Crippen LogP contribution in [0.2, 0.25) is 0 Å². The summed E-state index contributed by atoms with van der Waals surface area (Å²) in [7, 11) is 1.38. The molecule has 0 bridgehead atoms. The first-order chi connectivity index (χ1) is 8.10. The lowest BCUT2D eigenvalue weighted by Crippen LogP contribution is -2.37. The number of aliphatic hydroxyl groups excluding tert-OH is 1. The van der Waals surface area contributed by atoms with Crippen LogP contribution in [0.3, 0.4) is 0 Å². The number of rotatable bonds is 8. The molecular weight excluding hydrogens is 218 g/mol. The van der Waals surface area contributed by atoms with E-state index in [0.717, 1.165) is 12.8 Å². The molecule has 0 spiro atoms. The maximum atomic E-state index is 11.2. The minimum atomic E-state index is -0.293. The Morgan fingerprint density at radius 1 is 1.41 bits per heavy atom. The molecule has 0 aliphatic rings. The lowest BCUT2D eigenvalue weighted by atomic mass is 10.1. The van der Waals surface area contributed by atoms with Gasteiger partial charge in [0.2, 0.25) is 0 Å². The molecule has 1 N–H and O–H groups in total. The molecule has 0 fully saturated rings. The van der Waals surface area contributed by atoms with E-state index in [1.807, 2.05) is 6.08 Å². The number of hydrogen-bond acceptors (Lipinski definition) is 4. The summed E-state index contributed by atoms with van der Waals surface area (Å²) in [6.45, 7) is 7.47. The zero-order valence-corrected chi connectivity index (χ0v) is 11.4. The number of carbonyl (C=O) groups excluding carboxylic acids is 1. The van der Waals surface area contributed by atoms with Crippen molar-refractivity contribution in [1.29, 1.82) is 0 Å². The van der Waals surface area contributed by atoms with Gasteiger partial charge in [-0.2, -0.15) is 0 Å². The van der Waals surface area contributed by atoms with Crippen molar-refractivity contribution in [3.05, 3.63) is 11.6 Å². The van der Waals surface area contributed by atoms with Crippen LogP contribution >= 0.6 is 0 Å². The Morgan fingerprint density at radius 2 is 2.00 bits per heavy atom. The van der Waals surface area contributed by atoms with Gasteiger partial charge in [0.05, 0.1) is 13.7 Å². The van der Waals surface area contributed by atoms with Crippen molar-refractivity contribution in [2.75, 3.05) is 26.8 Å². The second-order valence-corrected chi connectivity index (χ2v) is 4.07. The van der Waals surface area contributed by atoms with Gasteiger partial charge in [-0.15, -0.1) is 0 Å². The Kier molecular flexibility index (Phi) is 8.72. The van der Waals surface area contributed by atoms with E-state index < -0.39 is 0 Å². The third kappa shape index (κ3) is 5.84. The summed E-state index contributed by atoms with van der Waals surface area (Å²) < 4.78 is 4.64. The smallest absolute Gasteiger partial charge is 0.333 e. The summed E-state index contributed by atoms with van der Waals surface area (Å²) in [6, 6.07) is 0.448. The number of ether oxygens (including phenoxy) is 1. The Morgan fingerprint density at radius 3 is 2.41 bits per heavy atom. The van der Waals surface area contributed by atoms with Gasteiger partial charge >= 0.3 is 5.97 Å². The Balaban J connectivity index is 4.48. The van der Waals surface area contributed by atoms with Gasteiger partial charge < -0.3 is 9.84 Å². The molecule has 0 unspecified atom stereocenters. The van der Waals surface area contributed by atoms with Gasteiger partial charge in [0, 0.05) is 24.7 Å².